The number of ether oxygens (including phenoxy) is 2. The summed E-state index contributed by atoms with van der Waals surface area (Å²) in [5.74, 6) is 9.20. The molecule has 1 aromatic rings. The molecule has 0 saturated heterocycles. The summed E-state index contributed by atoms with van der Waals surface area (Å²) in [5, 5.41) is 1.26. The molecule has 0 bridgehead atoms. The van der Waals surface area contributed by atoms with Gasteiger partial charge in [0.15, 0.2) is 5.78 Å². The maximum Gasteiger partial charge on any atom is 0.573 e. The van der Waals surface area contributed by atoms with Gasteiger partial charge in [-0.3, -0.25) is 4.79 Å². The summed E-state index contributed by atoms with van der Waals surface area (Å²) in [6, 6.07) is 3.61. The van der Waals surface area contributed by atoms with E-state index in [4.69, 9.17) is 16.3 Å². The van der Waals surface area contributed by atoms with Gasteiger partial charge in [0, 0.05) is 19.1 Å². The lowest BCUT2D eigenvalue weighted by Gasteiger charge is -2.62. The van der Waals surface area contributed by atoms with Gasteiger partial charge in [0.1, 0.15) is 5.75 Å². The van der Waals surface area contributed by atoms with Gasteiger partial charge >= 0.3 is 6.36 Å². The fourth-order valence-corrected chi connectivity index (χ4v) is 9.70. The monoisotopic (exact) mass is 551 g/mol. The third kappa shape index (κ3) is 5.14. The van der Waals surface area contributed by atoms with Crippen molar-refractivity contribution in [2.45, 2.75) is 78.0 Å². The molecule has 8 atom stereocenters. The van der Waals surface area contributed by atoms with E-state index in [1.54, 1.807) is 0 Å². The number of carbonyl (C=O) groups excluding carboxylic acids is 1. The molecule has 39 heavy (non-hydrogen) atoms. The molecule has 6 nitrogen and oxygen atoms in total. The summed E-state index contributed by atoms with van der Waals surface area (Å²) in [4.78, 5) is 13.7. The Hall–Kier alpha value is -2.00. The van der Waals surface area contributed by atoms with Gasteiger partial charge in [0.25, 0.3) is 0 Å². The average molecular weight is 552 g/mol. The van der Waals surface area contributed by atoms with E-state index >= 15 is 0 Å². The van der Waals surface area contributed by atoms with Crippen LogP contribution in [0.5, 0.6) is 5.75 Å². The number of benzene rings is 1. The van der Waals surface area contributed by atoms with Gasteiger partial charge in [-0.2, -0.15) is 0 Å². The van der Waals surface area contributed by atoms with Crippen molar-refractivity contribution in [2.75, 3.05) is 31.0 Å². The normalized spacial score (nSPS) is 37.9. The zero-order chi connectivity index (χ0) is 28.2. The minimum absolute atomic E-state index is 0.0294. The van der Waals surface area contributed by atoms with E-state index in [0.29, 0.717) is 23.4 Å². The fraction of sp³-hybridized carbons (Fsp3) is 0.767. The number of rotatable bonds is 7. The minimum atomic E-state index is -4.81. The molecule has 4 N–H and O–H groups in total. The highest BCUT2D eigenvalue weighted by atomic mass is 19.4. The number of nitrogen functional groups attached to an aromatic ring is 1. The standard InChI is InChI=1S/C30H44F3N3O3/c1-18-10-13-29(17-38-3)19(14-18)4-6-21-22-7-8-24(28(22,2)12-11-23(21)29)27(37)16-36(35)26-9-5-20(15-25(26)34)39-30(31,32)33/h5,9,15,18-19,21-24H,4,6-8,10-14,16-17,34-35H2,1-3H3/t18-,19?,21-,22?,23?,24+,28-,29+/m0/s1. The zero-order valence-electron chi connectivity index (χ0n) is 23.4. The maximum absolute atomic E-state index is 13.7. The van der Waals surface area contributed by atoms with Crippen LogP contribution in [-0.4, -0.2) is 32.4 Å². The number of ketones is 1. The molecule has 9 heteroatoms. The van der Waals surface area contributed by atoms with Crippen LogP contribution in [0.4, 0.5) is 24.5 Å². The molecule has 0 heterocycles. The minimum Gasteiger partial charge on any atom is -0.406 e. The third-order valence-electron chi connectivity index (χ3n) is 11.3. The van der Waals surface area contributed by atoms with E-state index in [-0.39, 0.29) is 34.8 Å². The second-order valence-corrected chi connectivity index (χ2v) is 13.2. The van der Waals surface area contributed by atoms with Crippen LogP contribution >= 0.6 is 0 Å². The fourth-order valence-electron chi connectivity index (χ4n) is 9.70. The van der Waals surface area contributed by atoms with Crippen LogP contribution in [0.3, 0.4) is 0 Å². The number of nitrogens with zero attached hydrogens (tertiary/aromatic N) is 1. The smallest absolute Gasteiger partial charge is 0.406 e. The molecule has 4 aliphatic carbocycles. The molecule has 5 rings (SSSR count). The highest BCUT2D eigenvalue weighted by Crippen LogP contribution is 2.68. The maximum atomic E-state index is 13.7. The van der Waals surface area contributed by atoms with Crippen molar-refractivity contribution in [1.29, 1.82) is 0 Å². The van der Waals surface area contributed by atoms with Crippen molar-refractivity contribution in [1.82, 2.24) is 0 Å². The molecule has 218 valence electrons. The number of Topliss-reactive ketones (excluding diaryl/α,β-unsaturated/α-hetero) is 1. The van der Waals surface area contributed by atoms with E-state index in [9.17, 15) is 18.0 Å². The van der Waals surface area contributed by atoms with E-state index in [1.807, 2.05) is 7.11 Å². The van der Waals surface area contributed by atoms with Gasteiger partial charge in [-0.15, -0.1) is 13.2 Å². The molecule has 4 fully saturated rings. The molecule has 0 aromatic heterocycles. The van der Waals surface area contributed by atoms with Crippen molar-refractivity contribution < 1.29 is 27.4 Å². The van der Waals surface area contributed by atoms with Crippen LogP contribution in [0.15, 0.2) is 18.2 Å². The Kier molecular flexibility index (Phi) is 7.63. The lowest BCUT2D eigenvalue weighted by atomic mass is 9.44. The number of hydrogen-bond donors (Lipinski definition) is 2. The highest BCUT2D eigenvalue weighted by Gasteiger charge is 2.62. The summed E-state index contributed by atoms with van der Waals surface area (Å²) in [7, 11) is 1.85. The van der Waals surface area contributed by atoms with Gasteiger partial charge in [0.2, 0.25) is 0 Å². The Morgan fingerprint density at radius 2 is 1.87 bits per heavy atom. The third-order valence-corrected chi connectivity index (χ3v) is 11.3. The first-order valence-electron chi connectivity index (χ1n) is 14.6. The van der Waals surface area contributed by atoms with Gasteiger partial charge in [-0.1, -0.05) is 20.3 Å². The van der Waals surface area contributed by atoms with Crippen LogP contribution < -0.4 is 21.3 Å². The number of anilines is 2. The lowest BCUT2D eigenvalue weighted by molar-refractivity contribution is -0.274. The molecular formula is C30H44F3N3O3. The number of nitrogens with two attached hydrogens (primary N) is 2. The van der Waals surface area contributed by atoms with Gasteiger partial charge in [-0.25, -0.2) is 5.84 Å². The number of fused-ring (bicyclic) bond motifs is 5. The van der Waals surface area contributed by atoms with Crippen molar-refractivity contribution in [3.8, 4) is 5.75 Å². The molecule has 0 amide bonds. The molecule has 1 aromatic carbocycles. The van der Waals surface area contributed by atoms with E-state index in [0.717, 1.165) is 56.3 Å². The Morgan fingerprint density at radius 1 is 1.10 bits per heavy atom. The number of alkyl halides is 3. The largest absolute Gasteiger partial charge is 0.573 e. The van der Waals surface area contributed by atoms with Crippen molar-refractivity contribution in [3.63, 3.8) is 0 Å². The van der Waals surface area contributed by atoms with Gasteiger partial charge in [0.05, 0.1) is 24.5 Å². The van der Waals surface area contributed by atoms with Gasteiger partial charge in [-0.05, 0) is 104 Å². The zero-order valence-corrected chi connectivity index (χ0v) is 23.4. The Balaban J connectivity index is 1.29. The van der Waals surface area contributed by atoms with Crippen LogP contribution in [0.2, 0.25) is 0 Å². The number of methoxy groups -OCH3 is 1. The molecule has 0 spiro atoms. The van der Waals surface area contributed by atoms with Crippen molar-refractivity contribution >= 4 is 17.2 Å². The first kappa shape index (κ1) is 28.5. The predicted molar refractivity (Wildman–Crippen MR) is 145 cm³/mol. The average Bonchev–Trinajstić information content (AvgIpc) is 3.21. The van der Waals surface area contributed by atoms with Crippen LogP contribution in [-0.2, 0) is 9.53 Å². The lowest BCUT2D eigenvalue weighted by Crippen LogP contribution is -2.56. The Morgan fingerprint density at radius 3 is 2.56 bits per heavy atom. The van der Waals surface area contributed by atoms with Crippen LogP contribution in [0.1, 0.15) is 71.6 Å². The van der Waals surface area contributed by atoms with E-state index < -0.39 is 12.1 Å². The number of carbonyl (C=O) groups is 1. The number of halogens is 3. The number of hydrazine groups is 1. The molecular weight excluding hydrogens is 507 g/mol. The molecule has 4 aliphatic rings. The Bertz CT molecular complexity index is 1070. The Labute approximate surface area is 229 Å². The molecule has 4 saturated carbocycles. The number of hydrogen-bond acceptors (Lipinski definition) is 6. The van der Waals surface area contributed by atoms with E-state index in [1.165, 1.54) is 43.2 Å². The topological polar surface area (TPSA) is 90.8 Å². The highest BCUT2D eigenvalue weighted by molar-refractivity contribution is 5.87. The summed E-state index contributed by atoms with van der Waals surface area (Å²) < 4.78 is 47.5. The van der Waals surface area contributed by atoms with E-state index in [2.05, 4.69) is 18.6 Å². The quantitative estimate of drug-likeness (QED) is 0.234. The summed E-state index contributed by atoms with van der Waals surface area (Å²) >= 11 is 0. The van der Waals surface area contributed by atoms with Crippen LogP contribution in [0.25, 0.3) is 0 Å². The van der Waals surface area contributed by atoms with Crippen molar-refractivity contribution in [2.24, 2.45) is 52.2 Å². The SMILES string of the molecule is COC[C@]12CC[C@H](C)CC1CC[C@@H]1C2CC[C@@]2(C)C1CC[C@@H]2C(=O)CN(N)c1ccc(OC(F)(F)F)cc1N. The second kappa shape index (κ2) is 10.4. The van der Waals surface area contributed by atoms with Crippen LogP contribution in [0, 0.1) is 46.3 Å². The first-order chi connectivity index (χ1) is 18.4. The van der Waals surface area contributed by atoms with Crippen molar-refractivity contribution in [3.05, 3.63) is 18.2 Å². The summed E-state index contributed by atoms with van der Waals surface area (Å²) in [6.07, 6.45) is 5.68. The predicted octanol–water partition coefficient (Wildman–Crippen LogP) is 6.34. The second-order valence-electron chi connectivity index (χ2n) is 13.2. The molecule has 0 radical (unpaired) electrons. The van der Waals surface area contributed by atoms with Gasteiger partial charge < -0.3 is 20.2 Å². The molecule has 3 unspecified atom stereocenters. The summed E-state index contributed by atoms with van der Waals surface area (Å²) in [6.45, 7) is 5.54. The first-order valence-corrected chi connectivity index (χ1v) is 14.6. The summed E-state index contributed by atoms with van der Waals surface area (Å²) in [5.41, 5.74) is 6.55. The molecule has 0 aliphatic heterocycles.